The predicted molar refractivity (Wildman–Crippen MR) is 101 cm³/mol. The first-order chi connectivity index (χ1) is 11.8. The van der Waals surface area contributed by atoms with Crippen LogP contribution in [-0.4, -0.2) is 17.7 Å². The fourth-order valence-electron chi connectivity index (χ4n) is 2.72. The molecule has 2 aromatic carbocycles. The molecule has 0 unspecified atom stereocenters. The highest BCUT2D eigenvalue weighted by molar-refractivity contribution is 7.78. The molecule has 0 amide bonds. The van der Waals surface area contributed by atoms with Gasteiger partial charge in [-0.1, -0.05) is 66.7 Å². The number of nitrogens with zero attached hydrogens (tertiary/aromatic N) is 1. The van der Waals surface area contributed by atoms with Crippen molar-refractivity contribution in [2.75, 3.05) is 12.7 Å². The molecule has 1 aromatic heterocycles. The Bertz CT molecular complexity index is 748. The molecule has 0 aliphatic carbocycles. The summed E-state index contributed by atoms with van der Waals surface area (Å²) in [4.78, 5) is 4.11. The van der Waals surface area contributed by atoms with Gasteiger partial charge in [0.25, 0.3) is 0 Å². The molecule has 0 spiro atoms. The Morgan fingerprint density at radius 3 is 2.00 bits per heavy atom. The first-order valence-electron chi connectivity index (χ1n) is 8.09. The van der Waals surface area contributed by atoms with E-state index in [1.807, 2.05) is 79.0 Å². The van der Waals surface area contributed by atoms with Crippen molar-refractivity contribution in [3.8, 4) is 0 Å². The Morgan fingerprint density at radius 2 is 1.46 bits per heavy atom. The Morgan fingerprint density at radius 1 is 0.833 bits per heavy atom. The molecule has 1 N–H and O–H groups in total. The van der Waals surface area contributed by atoms with Crippen molar-refractivity contribution in [3.63, 3.8) is 0 Å². The number of benzene rings is 2. The molecule has 0 saturated carbocycles. The van der Waals surface area contributed by atoms with E-state index in [1.165, 1.54) is 0 Å². The van der Waals surface area contributed by atoms with Gasteiger partial charge in [0.1, 0.15) is 7.14 Å². The number of hydrogen-bond acceptors (Lipinski definition) is 3. The van der Waals surface area contributed by atoms with Crippen LogP contribution in [0.4, 0.5) is 0 Å². The van der Waals surface area contributed by atoms with Crippen LogP contribution in [0, 0.1) is 0 Å². The Balaban J connectivity index is 1.73. The standard InChI is InChI=1S/C20H21N2OP/c23-24(19-9-3-1-4-10-19,20-11-5-2-6-12-20)15-14-22-17-18-8-7-13-21-16-18/h1-13,16,22H,14-15,17H2. The zero-order valence-electron chi connectivity index (χ0n) is 13.5. The highest BCUT2D eigenvalue weighted by Gasteiger charge is 2.26. The summed E-state index contributed by atoms with van der Waals surface area (Å²) in [6.45, 7) is 1.42. The van der Waals surface area contributed by atoms with Crippen LogP contribution in [0.1, 0.15) is 5.56 Å². The topological polar surface area (TPSA) is 42.0 Å². The smallest absolute Gasteiger partial charge is 0.144 e. The van der Waals surface area contributed by atoms with E-state index in [4.69, 9.17) is 0 Å². The lowest BCUT2D eigenvalue weighted by Crippen LogP contribution is -2.25. The lowest BCUT2D eigenvalue weighted by Gasteiger charge is -2.19. The predicted octanol–water partition coefficient (Wildman–Crippen LogP) is 3.19. The molecular weight excluding hydrogens is 315 g/mol. The molecule has 1 heterocycles. The average Bonchev–Trinajstić information content (AvgIpc) is 2.67. The van der Waals surface area contributed by atoms with Crippen molar-refractivity contribution < 1.29 is 4.57 Å². The van der Waals surface area contributed by atoms with Gasteiger partial charge in [-0.2, -0.15) is 0 Å². The van der Waals surface area contributed by atoms with Crippen LogP contribution < -0.4 is 15.9 Å². The quantitative estimate of drug-likeness (QED) is 0.532. The van der Waals surface area contributed by atoms with Gasteiger partial charge in [0, 0.05) is 42.3 Å². The van der Waals surface area contributed by atoms with E-state index in [9.17, 15) is 4.57 Å². The van der Waals surface area contributed by atoms with Crippen LogP contribution in [0.25, 0.3) is 0 Å². The van der Waals surface area contributed by atoms with Gasteiger partial charge in [-0.3, -0.25) is 4.98 Å². The first kappa shape index (κ1) is 16.6. The van der Waals surface area contributed by atoms with E-state index < -0.39 is 7.14 Å². The lowest BCUT2D eigenvalue weighted by molar-refractivity contribution is 0.584. The Hall–Kier alpha value is -2.22. The molecule has 0 aliphatic heterocycles. The van der Waals surface area contributed by atoms with Gasteiger partial charge in [0.15, 0.2) is 0 Å². The molecule has 3 aromatic rings. The van der Waals surface area contributed by atoms with Crippen LogP contribution in [-0.2, 0) is 11.1 Å². The van der Waals surface area contributed by atoms with Crippen molar-refractivity contribution in [1.29, 1.82) is 0 Å². The van der Waals surface area contributed by atoms with E-state index in [1.54, 1.807) is 6.20 Å². The molecular formula is C20H21N2OP. The highest BCUT2D eigenvalue weighted by atomic mass is 31.2. The minimum atomic E-state index is -2.62. The second-order valence-electron chi connectivity index (χ2n) is 5.67. The van der Waals surface area contributed by atoms with Crippen LogP contribution in [0.3, 0.4) is 0 Å². The molecule has 0 bridgehead atoms. The van der Waals surface area contributed by atoms with Gasteiger partial charge in [0.05, 0.1) is 0 Å². The second-order valence-corrected chi connectivity index (χ2v) is 8.63. The molecule has 3 rings (SSSR count). The summed E-state index contributed by atoms with van der Waals surface area (Å²) in [5.74, 6) is 0. The van der Waals surface area contributed by atoms with Gasteiger partial charge < -0.3 is 9.88 Å². The van der Waals surface area contributed by atoms with Crippen LogP contribution in [0.5, 0.6) is 0 Å². The van der Waals surface area contributed by atoms with Crippen molar-refractivity contribution in [3.05, 3.63) is 90.8 Å². The largest absolute Gasteiger partial charge is 0.314 e. The van der Waals surface area contributed by atoms with Gasteiger partial charge in [-0.05, 0) is 11.6 Å². The summed E-state index contributed by atoms with van der Waals surface area (Å²) in [6.07, 6.45) is 4.21. The number of nitrogens with one attached hydrogen (secondary N) is 1. The van der Waals surface area contributed by atoms with Gasteiger partial charge >= 0.3 is 0 Å². The van der Waals surface area contributed by atoms with E-state index in [0.717, 1.165) is 22.7 Å². The molecule has 0 atom stereocenters. The molecule has 122 valence electrons. The van der Waals surface area contributed by atoms with Crippen molar-refractivity contribution in [1.82, 2.24) is 10.3 Å². The lowest BCUT2D eigenvalue weighted by atomic mass is 10.3. The zero-order valence-corrected chi connectivity index (χ0v) is 14.4. The molecule has 0 fully saturated rings. The number of hydrogen-bond donors (Lipinski definition) is 1. The van der Waals surface area contributed by atoms with E-state index in [2.05, 4.69) is 10.3 Å². The highest BCUT2D eigenvalue weighted by Crippen LogP contribution is 2.42. The summed E-state index contributed by atoms with van der Waals surface area (Å²) < 4.78 is 13.8. The summed E-state index contributed by atoms with van der Waals surface area (Å²) in [7, 11) is -2.62. The molecule has 0 radical (unpaired) electrons. The number of rotatable bonds is 7. The van der Waals surface area contributed by atoms with Gasteiger partial charge in [0.2, 0.25) is 0 Å². The SMILES string of the molecule is O=P(CCNCc1cccnc1)(c1ccccc1)c1ccccc1. The van der Waals surface area contributed by atoms with E-state index >= 15 is 0 Å². The van der Waals surface area contributed by atoms with E-state index in [-0.39, 0.29) is 0 Å². The van der Waals surface area contributed by atoms with Gasteiger partial charge in [-0.15, -0.1) is 0 Å². The van der Waals surface area contributed by atoms with Gasteiger partial charge in [-0.25, -0.2) is 0 Å². The second kappa shape index (κ2) is 8.05. The maximum Gasteiger partial charge on any atom is 0.144 e. The van der Waals surface area contributed by atoms with Crippen LogP contribution in [0.2, 0.25) is 0 Å². The monoisotopic (exact) mass is 336 g/mol. The molecule has 4 heteroatoms. The third-order valence-electron chi connectivity index (χ3n) is 4.00. The van der Waals surface area contributed by atoms with E-state index in [0.29, 0.717) is 12.7 Å². The minimum Gasteiger partial charge on any atom is -0.314 e. The summed E-state index contributed by atoms with van der Waals surface area (Å²) in [5.41, 5.74) is 1.13. The first-order valence-corrected chi connectivity index (χ1v) is 9.98. The minimum absolute atomic E-state index is 0.599. The fourth-order valence-corrected chi connectivity index (χ4v) is 5.31. The third-order valence-corrected chi connectivity index (χ3v) is 7.12. The third kappa shape index (κ3) is 4.00. The van der Waals surface area contributed by atoms with Crippen molar-refractivity contribution in [2.45, 2.75) is 6.54 Å². The molecule has 0 saturated heterocycles. The normalized spacial score (nSPS) is 11.3. The number of pyridine rings is 1. The van der Waals surface area contributed by atoms with Crippen LogP contribution >= 0.6 is 7.14 Å². The Labute approximate surface area is 143 Å². The molecule has 24 heavy (non-hydrogen) atoms. The maximum absolute atomic E-state index is 13.8. The Kier molecular flexibility index (Phi) is 5.58. The summed E-state index contributed by atoms with van der Waals surface area (Å²) >= 11 is 0. The summed E-state index contributed by atoms with van der Waals surface area (Å²) in [5, 5.41) is 5.22. The summed E-state index contributed by atoms with van der Waals surface area (Å²) in [6, 6.07) is 23.6. The average molecular weight is 336 g/mol. The number of aromatic nitrogens is 1. The maximum atomic E-state index is 13.8. The molecule has 0 aliphatic rings. The fraction of sp³-hybridized carbons (Fsp3) is 0.150. The zero-order chi connectivity index (χ0) is 16.7. The van der Waals surface area contributed by atoms with Crippen molar-refractivity contribution in [2.24, 2.45) is 0 Å². The molecule has 3 nitrogen and oxygen atoms in total. The van der Waals surface area contributed by atoms with Crippen LogP contribution in [0.15, 0.2) is 85.2 Å². The van der Waals surface area contributed by atoms with Crippen molar-refractivity contribution >= 4 is 17.8 Å².